The second kappa shape index (κ2) is 6.73. The van der Waals surface area contributed by atoms with Crippen LogP contribution in [0.3, 0.4) is 0 Å². The molecule has 1 aromatic heterocycles. The monoisotopic (exact) mass is 331 g/mol. The largest absolute Gasteiger partial charge is 0.481 e. The van der Waals surface area contributed by atoms with Gasteiger partial charge in [-0.15, -0.1) is 10.2 Å². The summed E-state index contributed by atoms with van der Waals surface area (Å²) in [6.45, 7) is 1.73. The summed E-state index contributed by atoms with van der Waals surface area (Å²) < 4.78 is 42.8. The first kappa shape index (κ1) is 16.2. The fraction of sp³-hybridized carbons (Fsp3) is 0.308. The maximum absolute atomic E-state index is 12.4. The van der Waals surface area contributed by atoms with Gasteiger partial charge >= 0.3 is 6.18 Å². The number of ether oxygens (including phenoxy) is 1. The number of hydrogen-bond acceptors (Lipinski definition) is 5. The number of aromatic nitrogens is 2. The number of para-hydroxylation sites is 1. The molecule has 1 heterocycles. The molecule has 1 unspecified atom stereocenters. The Balaban J connectivity index is 2.02. The Bertz CT molecular complexity index is 631. The summed E-state index contributed by atoms with van der Waals surface area (Å²) in [5.74, 6) is -0.0750. The molecule has 0 aliphatic carbocycles. The van der Waals surface area contributed by atoms with Crippen LogP contribution >= 0.6 is 11.3 Å². The van der Waals surface area contributed by atoms with E-state index < -0.39 is 23.2 Å². The normalized spacial score (nSPS) is 12.7. The first-order valence-corrected chi connectivity index (χ1v) is 7.15. The smallest absolute Gasteiger partial charge is 0.445 e. The van der Waals surface area contributed by atoms with Crippen molar-refractivity contribution in [1.29, 1.82) is 0 Å². The first-order valence-electron chi connectivity index (χ1n) is 6.33. The highest BCUT2D eigenvalue weighted by Crippen LogP contribution is 2.33. The van der Waals surface area contributed by atoms with Crippen LogP contribution in [-0.2, 0) is 11.0 Å². The van der Waals surface area contributed by atoms with Gasteiger partial charge in [0.2, 0.25) is 10.1 Å². The number of carbonyl (C=O) groups excluding carboxylic acids is 1. The molecule has 0 saturated heterocycles. The molecule has 1 aromatic carbocycles. The van der Waals surface area contributed by atoms with Crippen LogP contribution in [-0.4, -0.2) is 22.2 Å². The molecule has 2 aromatic rings. The number of benzene rings is 1. The highest BCUT2D eigenvalue weighted by Gasteiger charge is 2.36. The standard InChI is InChI=1S/C13H12F3N3O2S/c1-2-9(21-8-6-4-3-5-7-8)10(20)17-12-19-18-11(22-12)13(14,15)16/h3-7,9H,2H2,1H3,(H,17,19,20). The van der Waals surface area contributed by atoms with E-state index in [9.17, 15) is 18.0 Å². The number of nitrogens with zero attached hydrogens (tertiary/aromatic N) is 2. The van der Waals surface area contributed by atoms with Gasteiger partial charge in [-0.3, -0.25) is 10.1 Å². The van der Waals surface area contributed by atoms with E-state index in [0.29, 0.717) is 12.2 Å². The number of amides is 1. The van der Waals surface area contributed by atoms with Gasteiger partial charge < -0.3 is 4.74 Å². The maximum Gasteiger partial charge on any atom is 0.445 e. The minimum absolute atomic E-state index is 0.215. The average molecular weight is 331 g/mol. The van der Waals surface area contributed by atoms with Crippen LogP contribution in [0.2, 0.25) is 0 Å². The predicted molar refractivity (Wildman–Crippen MR) is 74.7 cm³/mol. The summed E-state index contributed by atoms with van der Waals surface area (Å²) in [5, 5.41) is 7.27. The third kappa shape index (κ3) is 4.17. The molecule has 5 nitrogen and oxygen atoms in total. The molecule has 0 saturated carbocycles. The Morgan fingerprint density at radius 2 is 2.00 bits per heavy atom. The van der Waals surface area contributed by atoms with E-state index in [0.717, 1.165) is 0 Å². The summed E-state index contributed by atoms with van der Waals surface area (Å²) in [7, 11) is 0. The molecule has 0 aliphatic rings. The molecule has 0 aliphatic heterocycles. The van der Waals surface area contributed by atoms with E-state index in [4.69, 9.17) is 4.74 Å². The lowest BCUT2D eigenvalue weighted by molar-refractivity contribution is -0.138. The molecule has 9 heteroatoms. The van der Waals surface area contributed by atoms with Crippen LogP contribution in [0, 0.1) is 0 Å². The number of nitrogens with one attached hydrogen (secondary N) is 1. The lowest BCUT2D eigenvalue weighted by atomic mass is 10.2. The van der Waals surface area contributed by atoms with Crippen LogP contribution in [0.25, 0.3) is 0 Å². The van der Waals surface area contributed by atoms with Crippen molar-refractivity contribution in [2.24, 2.45) is 0 Å². The zero-order chi connectivity index (χ0) is 16.2. The van der Waals surface area contributed by atoms with Crippen molar-refractivity contribution < 1.29 is 22.7 Å². The number of hydrogen-bond donors (Lipinski definition) is 1. The minimum atomic E-state index is -4.58. The van der Waals surface area contributed by atoms with Crippen molar-refractivity contribution in [3.63, 3.8) is 0 Å². The van der Waals surface area contributed by atoms with E-state index in [1.807, 2.05) is 0 Å². The number of carbonyl (C=O) groups is 1. The Labute approximate surface area is 128 Å². The third-order valence-electron chi connectivity index (χ3n) is 2.58. The number of alkyl halides is 3. The first-order chi connectivity index (χ1) is 10.4. The summed E-state index contributed by atoms with van der Waals surface area (Å²) in [5.41, 5.74) is 0. The molecule has 0 spiro atoms. The molecule has 2 rings (SSSR count). The molecule has 1 N–H and O–H groups in total. The van der Waals surface area contributed by atoms with Crippen molar-refractivity contribution >= 4 is 22.4 Å². The second-order valence-corrected chi connectivity index (χ2v) is 5.20. The van der Waals surface area contributed by atoms with Gasteiger partial charge in [0.1, 0.15) is 5.75 Å². The minimum Gasteiger partial charge on any atom is -0.481 e. The van der Waals surface area contributed by atoms with Crippen LogP contribution in [0.4, 0.5) is 18.3 Å². The quantitative estimate of drug-likeness (QED) is 0.912. The fourth-order valence-corrected chi connectivity index (χ4v) is 2.17. The maximum atomic E-state index is 12.4. The lowest BCUT2D eigenvalue weighted by Gasteiger charge is -2.16. The zero-order valence-corrected chi connectivity index (χ0v) is 12.2. The summed E-state index contributed by atoms with van der Waals surface area (Å²) in [4.78, 5) is 12.0. The predicted octanol–water partition coefficient (Wildman–Crippen LogP) is 3.35. The molecule has 1 atom stereocenters. The molecule has 118 valence electrons. The average Bonchev–Trinajstić information content (AvgIpc) is 2.94. The molecule has 0 bridgehead atoms. The Hall–Kier alpha value is -2.16. The van der Waals surface area contributed by atoms with Gasteiger partial charge in [-0.1, -0.05) is 36.5 Å². The van der Waals surface area contributed by atoms with E-state index in [2.05, 4.69) is 15.5 Å². The van der Waals surface area contributed by atoms with Gasteiger partial charge in [-0.2, -0.15) is 13.2 Å². The highest BCUT2D eigenvalue weighted by atomic mass is 32.1. The lowest BCUT2D eigenvalue weighted by Crippen LogP contribution is -2.32. The van der Waals surface area contributed by atoms with Crippen LogP contribution < -0.4 is 10.1 Å². The molecule has 1 amide bonds. The summed E-state index contributed by atoms with van der Waals surface area (Å²) in [6.07, 6.45) is -5.06. The van der Waals surface area contributed by atoms with Crippen molar-refractivity contribution in [3.8, 4) is 5.75 Å². The Kier molecular flexibility index (Phi) is 4.96. The van der Waals surface area contributed by atoms with E-state index in [-0.39, 0.29) is 16.5 Å². The zero-order valence-electron chi connectivity index (χ0n) is 11.4. The van der Waals surface area contributed by atoms with Gasteiger partial charge in [0, 0.05) is 0 Å². The van der Waals surface area contributed by atoms with E-state index in [1.54, 1.807) is 37.3 Å². The van der Waals surface area contributed by atoms with E-state index >= 15 is 0 Å². The Morgan fingerprint density at radius 3 is 2.55 bits per heavy atom. The van der Waals surface area contributed by atoms with Crippen LogP contribution in [0.5, 0.6) is 5.75 Å². The number of anilines is 1. The topological polar surface area (TPSA) is 64.1 Å². The van der Waals surface area contributed by atoms with Crippen molar-refractivity contribution in [1.82, 2.24) is 10.2 Å². The van der Waals surface area contributed by atoms with Gasteiger partial charge in [0.15, 0.2) is 6.10 Å². The van der Waals surface area contributed by atoms with E-state index in [1.165, 1.54) is 0 Å². The van der Waals surface area contributed by atoms with Gasteiger partial charge in [-0.05, 0) is 18.6 Å². The molecular weight excluding hydrogens is 319 g/mol. The summed E-state index contributed by atoms with van der Waals surface area (Å²) >= 11 is 0.268. The number of halogens is 3. The molecule has 0 radical (unpaired) electrons. The third-order valence-corrected chi connectivity index (χ3v) is 3.47. The van der Waals surface area contributed by atoms with Crippen LogP contribution in [0.15, 0.2) is 30.3 Å². The Morgan fingerprint density at radius 1 is 1.32 bits per heavy atom. The van der Waals surface area contributed by atoms with Crippen molar-refractivity contribution in [2.75, 3.05) is 5.32 Å². The molecular formula is C13H12F3N3O2S. The van der Waals surface area contributed by atoms with Gasteiger partial charge in [0.25, 0.3) is 5.91 Å². The SMILES string of the molecule is CCC(Oc1ccccc1)C(=O)Nc1nnc(C(F)(F)F)s1. The van der Waals surface area contributed by atoms with Gasteiger partial charge in [0.05, 0.1) is 0 Å². The molecule has 0 fully saturated rings. The van der Waals surface area contributed by atoms with Gasteiger partial charge in [-0.25, -0.2) is 0 Å². The van der Waals surface area contributed by atoms with Crippen molar-refractivity contribution in [2.45, 2.75) is 25.6 Å². The molecule has 22 heavy (non-hydrogen) atoms. The fourth-order valence-electron chi connectivity index (χ4n) is 1.56. The highest BCUT2D eigenvalue weighted by molar-refractivity contribution is 7.15. The second-order valence-electron chi connectivity index (χ2n) is 4.23. The summed E-state index contributed by atoms with van der Waals surface area (Å²) in [6, 6.07) is 8.67. The van der Waals surface area contributed by atoms with Crippen LogP contribution in [0.1, 0.15) is 18.4 Å². The number of rotatable bonds is 5. The van der Waals surface area contributed by atoms with Crippen molar-refractivity contribution in [3.05, 3.63) is 35.3 Å².